The molecule has 0 saturated carbocycles. The fourth-order valence-corrected chi connectivity index (χ4v) is 3.28. The zero-order valence-electron chi connectivity index (χ0n) is 14.6. The lowest BCUT2D eigenvalue weighted by atomic mass is 9.94. The molecule has 132 valence electrons. The van der Waals surface area contributed by atoms with Crippen molar-refractivity contribution >= 4 is 11.8 Å². The predicted octanol–water partition coefficient (Wildman–Crippen LogP) is 1.31. The van der Waals surface area contributed by atoms with E-state index in [1.165, 1.54) is 0 Å². The second-order valence-electron chi connectivity index (χ2n) is 6.47. The van der Waals surface area contributed by atoms with E-state index in [0.29, 0.717) is 6.54 Å². The third kappa shape index (κ3) is 3.87. The molecular formula is C18H23N5O2. The molecule has 0 spiro atoms. The number of hydrogen-bond acceptors (Lipinski definition) is 4. The van der Waals surface area contributed by atoms with Crippen molar-refractivity contribution in [3.05, 3.63) is 48.0 Å². The second-order valence-corrected chi connectivity index (χ2v) is 6.47. The molecule has 7 heteroatoms. The molecule has 7 nitrogen and oxygen atoms in total. The van der Waals surface area contributed by atoms with E-state index in [1.807, 2.05) is 36.1 Å². The summed E-state index contributed by atoms with van der Waals surface area (Å²) in [5.74, 6) is -0.474. The Hall–Kier alpha value is -2.70. The van der Waals surface area contributed by atoms with Crippen LogP contribution in [0, 0.1) is 12.8 Å². The Labute approximate surface area is 147 Å². The fraction of sp³-hybridized carbons (Fsp3) is 0.444. The van der Waals surface area contributed by atoms with Crippen molar-refractivity contribution < 1.29 is 9.59 Å². The summed E-state index contributed by atoms with van der Waals surface area (Å²) in [6.07, 6.45) is 8.23. The van der Waals surface area contributed by atoms with Crippen molar-refractivity contribution in [1.82, 2.24) is 25.0 Å². The smallest absolute Gasteiger partial charge is 0.226 e. The number of pyridine rings is 1. The Bertz CT molecular complexity index is 743. The van der Waals surface area contributed by atoms with E-state index < -0.39 is 0 Å². The van der Waals surface area contributed by atoms with Gasteiger partial charge in [-0.05, 0) is 30.5 Å². The third-order valence-corrected chi connectivity index (χ3v) is 4.57. The van der Waals surface area contributed by atoms with Gasteiger partial charge >= 0.3 is 0 Å². The SMILES string of the molecule is Cc1cnn(CCCNC(=O)[C@@H]2CC(=O)N(C)[C@H]2c2cccnc2)c1. The molecule has 2 atom stereocenters. The monoisotopic (exact) mass is 341 g/mol. The Kier molecular flexibility index (Phi) is 5.11. The van der Waals surface area contributed by atoms with Gasteiger partial charge in [0, 0.05) is 45.1 Å². The van der Waals surface area contributed by atoms with E-state index in [9.17, 15) is 9.59 Å². The maximum absolute atomic E-state index is 12.6. The number of nitrogens with zero attached hydrogens (tertiary/aromatic N) is 4. The van der Waals surface area contributed by atoms with Crippen molar-refractivity contribution in [2.75, 3.05) is 13.6 Å². The first-order valence-corrected chi connectivity index (χ1v) is 8.48. The average Bonchev–Trinajstić information content (AvgIpc) is 3.16. The van der Waals surface area contributed by atoms with Gasteiger partial charge in [0.15, 0.2) is 0 Å². The van der Waals surface area contributed by atoms with Crippen LogP contribution in [0.15, 0.2) is 36.9 Å². The van der Waals surface area contributed by atoms with Crippen LogP contribution in [0.2, 0.25) is 0 Å². The van der Waals surface area contributed by atoms with Crippen LogP contribution in [-0.2, 0) is 16.1 Å². The minimum absolute atomic E-state index is 0.0129. The van der Waals surface area contributed by atoms with Gasteiger partial charge in [-0.25, -0.2) is 0 Å². The summed E-state index contributed by atoms with van der Waals surface area (Å²) in [6.45, 7) is 3.31. The first kappa shape index (κ1) is 17.1. The van der Waals surface area contributed by atoms with E-state index in [0.717, 1.165) is 24.1 Å². The molecule has 1 saturated heterocycles. The fourth-order valence-electron chi connectivity index (χ4n) is 3.28. The van der Waals surface area contributed by atoms with Crippen molar-refractivity contribution in [3.8, 4) is 0 Å². The zero-order chi connectivity index (χ0) is 17.8. The van der Waals surface area contributed by atoms with Crippen LogP contribution in [0.1, 0.15) is 30.0 Å². The summed E-state index contributed by atoms with van der Waals surface area (Å²) in [7, 11) is 1.74. The van der Waals surface area contributed by atoms with Gasteiger partial charge in [-0.3, -0.25) is 19.3 Å². The molecular weight excluding hydrogens is 318 g/mol. The largest absolute Gasteiger partial charge is 0.356 e. The molecule has 0 aromatic carbocycles. The molecule has 1 N–H and O–H groups in total. The van der Waals surface area contributed by atoms with Gasteiger partial charge in [-0.15, -0.1) is 0 Å². The molecule has 1 aliphatic heterocycles. The molecule has 3 heterocycles. The molecule has 1 aliphatic rings. The quantitative estimate of drug-likeness (QED) is 0.804. The highest BCUT2D eigenvalue weighted by Crippen LogP contribution is 2.36. The molecule has 0 bridgehead atoms. The predicted molar refractivity (Wildman–Crippen MR) is 92.4 cm³/mol. The van der Waals surface area contributed by atoms with E-state index >= 15 is 0 Å². The van der Waals surface area contributed by atoms with Gasteiger partial charge in [-0.2, -0.15) is 5.10 Å². The van der Waals surface area contributed by atoms with Crippen molar-refractivity contribution in [3.63, 3.8) is 0 Å². The van der Waals surface area contributed by atoms with Gasteiger partial charge in [0.25, 0.3) is 0 Å². The van der Waals surface area contributed by atoms with Gasteiger partial charge in [0.2, 0.25) is 11.8 Å². The lowest BCUT2D eigenvalue weighted by Gasteiger charge is -2.24. The van der Waals surface area contributed by atoms with Gasteiger partial charge < -0.3 is 10.2 Å². The number of hydrogen-bond donors (Lipinski definition) is 1. The van der Waals surface area contributed by atoms with Crippen LogP contribution in [0.25, 0.3) is 0 Å². The highest BCUT2D eigenvalue weighted by molar-refractivity contribution is 5.90. The van der Waals surface area contributed by atoms with E-state index in [1.54, 1.807) is 24.3 Å². The number of likely N-dealkylation sites (tertiary alicyclic amines) is 1. The van der Waals surface area contributed by atoms with Crippen molar-refractivity contribution in [1.29, 1.82) is 0 Å². The molecule has 3 rings (SSSR count). The van der Waals surface area contributed by atoms with E-state index in [2.05, 4.69) is 15.4 Å². The maximum Gasteiger partial charge on any atom is 0.226 e. The number of rotatable bonds is 6. The minimum Gasteiger partial charge on any atom is -0.356 e. The van der Waals surface area contributed by atoms with Crippen LogP contribution in [0.4, 0.5) is 0 Å². The molecule has 0 unspecified atom stereocenters. The maximum atomic E-state index is 12.6. The number of nitrogens with one attached hydrogen (secondary N) is 1. The van der Waals surface area contributed by atoms with E-state index in [-0.39, 0.29) is 30.2 Å². The van der Waals surface area contributed by atoms with Gasteiger partial charge in [0.05, 0.1) is 18.2 Å². The first-order chi connectivity index (χ1) is 12.1. The highest BCUT2D eigenvalue weighted by atomic mass is 16.2. The molecule has 0 radical (unpaired) electrons. The van der Waals surface area contributed by atoms with Crippen LogP contribution < -0.4 is 5.32 Å². The second kappa shape index (κ2) is 7.46. The lowest BCUT2D eigenvalue weighted by molar-refractivity contribution is -0.128. The highest BCUT2D eigenvalue weighted by Gasteiger charge is 2.42. The van der Waals surface area contributed by atoms with Crippen LogP contribution in [-0.4, -0.2) is 45.1 Å². The number of carbonyl (C=O) groups excluding carboxylic acids is 2. The molecule has 2 amide bonds. The number of amides is 2. The van der Waals surface area contributed by atoms with Gasteiger partial charge in [-0.1, -0.05) is 6.07 Å². The summed E-state index contributed by atoms with van der Waals surface area (Å²) in [5, 5.41) is 7.19. The van der Waals surface area contributed by atoms with Crippen LogP contribution in [0.5, 0.6) is 0 Å². The molecule has 1 fully saturated rings. The molecule has 2 aromatic heterocycles. The minimum atomic E-state index is -0.381. The van der Waals surface area contributed by atoms with E-state index in [4.69, 9.17) is 0 Å². The average molecular weight is 341 g/mol. The summed E-state index contributed by atoms with van der Waals surface area (Å²) in [6, 6.07) is 3.48. The lowest BCUT2D eigenvalue weighted by Crippen LogP contribution is -2.35. The number of aromatic nitrogens is 3. The molecule has 25 heavy (non-hydrogen) atoms. The van der Waals surface area contributed by atoms with Crippen LogP contribution >= 0.6 is 0 Å². The van der Waals surface area contributed by atoms with Crippen LogP contribution in [0.3, 0.4) is 0 Å². The summed E-state index contributed by atoms with van der Waals surface area (Å²) in [5.41, 5.74) is 2.01. The number of aryl methyl sites for hydroxylation is 2. The number of carbonyl (C=O) groups is 2. The van der Waals surface area contributed by atoms with Crippen molar-refractivity contribution in [2.24, 2.45) is 5.92 Å². The topological polar surface area (TPSA) is 80.1 Å². The third-order valence-electron chi connectivity index (χ3n) is 4.57. The summed E-state index contributed by atoms with van der Waals surface area (Å²) >= 11 is 0. The Morgan fingerprint density at radius 2 is 2.24 bits per heavy atom. The molecule has 2 aromatic rings. The first-order valence-electron chi connectivity index (χ1n) is 8.48. The van der Waals surface area contributed by atoms with Crippen molar-refractivity contribution in [2.45, 2.75) is 32.4 Å². The molecule has 0 aliphatic carbocycles. The van der Waals surface area contributed by atoms with Gasteiger partial charge in [0.1, 0.15) is 0 Å². The zero-order valence-corrected chi connectivity index (χ0v) is 14.6. The summed E-state index contributed by atoms with van der Waals surface area (Å²) < 4.78 is 1.87. The Morgan fingerprint density at radius 3 is 2.92 bits per heavy atom. The summed E-state index contributed by atoms with van der Waals surface area (Å²) in [4.78, 5) is 30.5. The normalized spacial score (nSPS) is 20.1. The Morgan fingerprint density at radius 1 is 1.40 bits per heavy atom. The Balaban J connectivity index is 1.57. The standard InChI is InChI=1S/C18H23N5O2/c1-13-10-21-23(12-13)8-4-7-20-18(25)15-9-16(24)22(2)17(15)14-5-3-6-19-11-14/h3,5-6,10-12,15,17H,4,7-9H2,1-2H3,(H,20,25)/t15-,17+/m1/s1.